The van der Waals surface area contributed by atoms with E-state index in [1.165, 1.54) is 6.33 Å². The maximum Gasteiger partial charge on any atom is 0.335 e. The molecule has 5 heteroatoms. The van der Waals surface area contributed by atoms with Crippen LogP contribution in [0.4, 0.5) is 0 Å². The van der Waals surface area contributed by atoms with E-state index in [2.05, 4.69) is 10.1 Å². The molecule has 0 aliphatic rings. The van der Waals surface area contributed by atoms with Crippen LogP contribution >= 0.6 is 0 Å². The van der Waals surface area contributed by atoms with Crippen molar-refractivity contribution in [3.05, 3.63) is 59.9 Å². The van der Waals surface area contributed by atoms with E-state index in [0.717, 1.165) is 16.7 Å². The summed E-state index contributed by atoms with van der Waals surface area (Å²) in [7, 11) is 0. The molecule has 3 aromatic rings. The number of hydrogen-bond acceptors (Lipinski definition) is 3. The first-order valence-electron chi connectivity index (χ1n) is 7.82. The highest BCUT2D eigenvalue weighted by atomic mass is 16.4. The van der Waals surface area contributed by atoms with Gasteiger partial charge in [0.05, 0.1) is 5.56 Å². The zero-order valence-electron chi connectivity index (χ0n) is 13.9. The van der Waals surface area contributed by atoms with Crippen LogP contribution < -0.4 is 0 Å². The number of carboxylic acid groups (broad SMARTS) is 1. The molecule has 0 aliphatic carbocycles. The molecular formula is C19H19N3O2. The van der Waals surface area contributed by atoms with E-state index in [4.69, 9.17) is 0 Å². The summed E-state index contributed by atoms with van der Waals surface area (Å²) in [6.07, 6.45) is 1.50. The summed E-state index contributed by atoms with van der Waals surface area (Å²) in [5.41, 5.74) is 3.59. The van der Waals surface area contributed by atoms with Crippen LogP contribution in [0.5, 0.6) is 0 Å². The topological polar surface area (TPSA) is 68.0 Å². The molecule has 3 rings (SSSR count). The minimum absolute atomic E-state index is 0.135. The molecule has 0 fully saturated rings. The Labute approximate surface area is 140 Å². The molecule has 0 saturated carbocycles. The van der Waals surface area contributed by atoms with E-state index in [-0.39, 0.29) is 11.6 Å². The smallest absolute Gasteiger partial charge is 0.335 e. The Morgan fingerprint density at radius 2 is 1.83 bits per heavy atom. The van der Waals surface area contributed by atoms with Crippen molar-refractivity contribution in [1.82, 2.24) is 14.8 Å². The summed E-state index contributed by atoms with van der Waals surface area (Å²) >= 11 is 0. The summed E-state index contributed by atoms with van der Waals surface area (Å²) in [6.45, 7) is 5.85. The largest absolute Gasteiger partial charge is 0.478 e. The molecule has 5 nitrogen and oxygen atoms in total. The fourth-order valence-corrected chi connectivity index (χ4v) is 2.79. The van der Waals surface area contributed by atoms with Crippen LogP contribution in [0.25, 0.3) is 22.5 Å². The van der Waals surface area contributed by atoms with Gasteiger partial charge in [0.15, 0.2) is 5.82 Å². The van der Waals surface area contributed by atoms with E-state index in [1.807, 2.05) is 61.9 Å². The van der Waals surface area contributed by atoms with Crippen LogP contribution in [0.15, 0.2) is 48.8 Å². The van der Waals surface area contributed by atoms with E-state index in [0.29, 0.717) is 11.4 Å². The minimum atomic E-state index is -0.942. The first-order chi connectivity index (χ1) is 11.5. The number of aromatic carboxylic acids is 1. The highest BCUT2D eigenvalue weighted by molar-refractivity contribution is 5.94. The first-order valence-corrected chi connectivity index (χ1v) is 7.82. The van der Waals surface area contributed by atoms with Gasteiger partial charge in [0.2, 0.25) is 0 Å². The Balaban J connectivity index is 2.27. The van der Waals surface area contributed by atoms with Gasteiger partial charge in [-0.1, -0.05) is 30.3 Å². The lowest BCUT2D eigenvalue weighted by molar-refractivity contribution is 0.0696. The summed E-state index contributed by atoms with van der Waals surface area (Å²) in [5, 5.41) is 13.9. The third kappa shape index (κ3) is 2.80. The van der Waals surface area contributed by atoms with Gasteiger partial charge in [0, 0.05) is 11.6 Å². The van der Waals surface area contributed by atoms with Crippen molar-refractivity contribution in [1.29, 1.82) is 0 Å². The van der Waals surface area contributed by atoms with Crippen LogP contribution in [-0.2, 0) is 0 Å². The molecule has 2 aromatic carbocycles. The quantitative estimate of drug-likeness (QED) is 0.782. The second-order valence-corrected chi connectivity index (χ2v) is 5.99. The van der Waals surface area contributed by atoms with Crippen LogP contribution in [0.1, 0.15) is 35.8 Å². The fourth-order valence-electron chi connectivity index (χ4n) is 2.79. The van der Waals surface area contributed by atoms with E-state index >= 15 is 0 Å². The second-order valence-electron chi connectivity index (χ2n) is 5.99. The van der Waals surface area contributed by atoms with Crippen LogP contribution in [-0.4, -0.2) is 25.8 Å². The molecule has 0 radical (unpaired) electrons. The van der Waals surface area contributed by atoms with Crippen LogP contribution in [0, 0.1) is 6.92 Å². The van der Waals surface area contributed by atoms with Crippen LogP contribution in [0.2, 0.25) is 0 Å². The number of rotatable bonds is 4. The molecule has 1 N–H and O–H groups in total. The Morgan fingerprint density at radius 3 is 2.46 bits per heavy atom. The summed E-state index contributed by atoms with van der Waals surface area (Å²) in [5.74, 6) is -0.259. The van der Waals surface area contributed by atoms with Crippen molar-refractivity contribution in [3.63, 3.8) is 0 Å². The van der Waals surface area contributed by atoms with Crippen molar-refractivity contribution < 1.29 is 9.90 Å². The molecule has 1 heterocycles. The second kappa shape index (κ2) is 6.28. The molecule has 0 unspecified atom stereocenters. The number of nitrogens with zero attached hydrogens (tertiary/aromatic N) is 3. The maximum absolute atomic E-state index is 11.7. The molecule has 0 amide bonds. The normalized spacial score (nSPS) is 11.0. The zero-order chi connectivity index (χ0) is 17.3. The predicted molar refractivity (Wildman–Crippen MR) is 93.0 cm³/mol. The molecule has 0 spiro atoms. The number of carbonyl (C=O) groups is 1. The predicted octanol–water partition coefficient (Wildman–Crippen LogP) is 4.20. The Bertz CT molecular complexity index is 883. The minimum Gasteiger partial charge on any atom is -0.478 e. The first kappa shape index (κ1) is 15.9. The summed E-state index contributed by atoms with van der Waals surface area (Å²) in [6, 6.07) is 13.6. The zero-order valence-corrected chi connectivity index (χ0v) is 13.9. The van der Waals surface area contributed by atoms with Gasteiger partial charge in [0.25, 0.3) is 0 Å². The average molecular weight is 321 g/mol. The van der Waals surface area contributed by atoms with Gasteiger partial charge in [-0.15, -0.1) is 0 Å². The van der Waals surface area contributed by atoms with Crippen molar-refractivity contribution in [3.8, 4) is 22.5 Å². The molecule has 0 saturated heterocycles. The average Bonchev–Trinajstić information content (AvgIpc) is 3.05. The fraction of sp³-hybridized carbons (Fsp3) is 0.211. The van der Waals surface area contributed by atoms with E-state index in [1.54, 1.807) is 6.07 Å². The Kier molecular flexibility index (Phi) is 4.16. The Morgan fingerprint density at radius 1 is 1.12 bits per heavy atom. The SMILES string of the molecule is Cc1c(C(=O)O)cc(-c2ccccc2)cc1-c1ncnn1C(C)C. The maximum atomic E-state index is 11.7. The Hall–Kier alpha value is -2.95. The number of benzene rings is 2. The molecular weight excluding hydrogens is 302 g/mol. The summed E-state index contributed by atoms with van der Waals surface area (Å²) in [4.78, 5) is 16.1. The lowest BCUT2D eigenvalue weighted by Crippen LogP contribution is -2.08. The molecule has 0 atom stereocenters. The van der Waals surface area contributed by atoms with Crippen LogP contribution in [0.3, 0.4) is 0 Å². The van der Waals surface area contributed by atoms with Gasteiger partial charge >= 0.3 is 5.97 Å². The molecule has 0 bridgehead atoms. The van der Waals surface area contributed by atoms with Crippen molar-refractivity contribution in [2.75, 3.05) is 0 Å². The standard InChI is InChI=1S/C19H19N3O2/c1-12(2)22-18(20-11-21-22)16-9-15(14-7-5-4-6-8-14)10-17(13(16)3)19(23)24/h4-12H,1-3H3,(H,23,24). The third-order valence-electron chi connectivity index (χ3n) is 4.05. The lowest BCUT2D eigenvalue weighted by Gasteiger charge is -2.15. The lowest BCUT2D eigenvalue weighted by atomic mass is 9.94. The van der Waals surface area contributed by atoms with Gasteiger partial charge in [0.1, 0.15) is 6.33 Å². The van der Waals surface area contributed by atoms with Crippen molar-refractivity contribution in [2.24, 2.45) is 0 Å². The van der Waals surface area contributed by atoms with Gasteiger partial charge in [-0.25, -0.2) is 14.5 Å². The highest BCUT2D eigenvalue weighted by Crippen LogP contribution is 2.32. The van der Waals surface area contributed by atoms with Crippen molar-refractivity contribution >= 4 is 5.97 Å². The molecule has 122 valence electrons. The van der Waals surface area contributed by atoms with Gasteiger partial charge < -0.3 is 5.11 Å². The van der Waals surface area contributed by atoms with E-state index < -0.39 is 5.97 Å². The molecule has 0 aliphatic heterocycles. The van der Waals surface area contributed by atoms with E-state index in [9.17, 15) is 9.90 Å². The van der Waals surface area contributed by atoms with Gasteiger partial charge in [-0.2, -0.15) is 5.10 Å². The van der Waals surface area contributed by atoms with Gasteiger partial charge in [-0.05, 0) is 49.6 Å². The monoisotopic (exact) mass is 321 g/mol. The number of aromatic nitrogens is 3. The van der Waals surface area contributed by atoms with Crippen molar-refractivity contribution in [2.45, 2.75) is 26.8 Å². The number of carboxylic acids is 1. The number of hydrogen-bond donors (Lipinski definition) is 1. The third-order valence-corrected chi connectivity index (χ3v) is 4.05. The molecule has 24 heavy (non-hydrogen) atoms. The highest BCUT2D eigenvalue weighted by Gasteiger charge is 2.19. The molecule has 1 aromatic heterocycles. The van der Waals surface area contributed by atoms with Gasteiger partial charge in [-0.3, -0.25) is 0 Å². The summed E-state index contributed by atoms with van der Waals surface area (Å²) < 4.78 is 1.81.